The number of nitrogens with one attached hydrogen (secondary N) is 1. The Hall–Kier alpha value is -1.92. The number of carbonyl (C=O) groups is 2. The second-order valence-corrected chi connectivity index (χ2v) is 7.40. The monoisotopic (exact) mass is 331 g/mol. The first-order chi connectivity index (χ1) is 11.6. The molecule has 2 aliphatic heterocycles. The number of fused-ring (bicyclic) bond motifs is 1. The third-order valence-electron chi connectivity index (χ3n) is 5.77. The largest absolute Gasteiger partial charge is 0.351 e. The average molecular weight is 331 g/mol. The molecule has 0 spiro atoms. The quantitative estimate of drug-likeness (QED) is 0.889. The van der Waals surface area contributed by atoms with E-state index in [1.165, 1.54) is 12.8 Å². The predicted molar refractivity (Wildman–Crippen MR) is 87.1 cm³/mol. The van der Waals surface area contributed by atoms with E-state index in [1.54, 1.807) is 0 Å². The van der Waals surface area contributed by atoms with E-state index in [-0.39, 0.29) is 23.8 Å². The van der Waals surface area contributed by atoms with Gasteiger partial charge in [0.15, 0.2) is 0 Å². The molecule has 1 saturated heterocycles. The van der Waals surface area contributed by atoms with Crippen molar-refractivity contribution >= 4 is 11.8 Å². The molecule has 130 valence electrons. The molecule has 0 bridgehead atoms. The van der Waals surface area contributed by atoms with Crippen LogP contribution in [0.5, 0.6) is 0 Å². The van der Waals surface area contributed by atoms with Crippen molar-refractivity contribution in [2.45, 2.75) is 70.5 Å². The SMILES string of the molecule is Cc1nnc2n1CC(NC(=O)C1CC(=O)N(C3CCCC3)C1)CC2. The van der Waals surface area contributed by atoms with Gasteiger partial charge in [-0.1, -0.05) is 12.8 Å². The zero-order valence-electron chi connectivity index (χ0n) is 14.2. The summed E-state index contributed by atoms with van der Waals surface area (Å²) in [5.41, 5.74) is 0. The maximum absolute atomic E-state index is 12.6. The minimum Gasteiger partial charge on any atom is -0.351 e. The smallest absolute Gasteiger partial charge is 0.225 e. The summed E-state index contributed by atoms with van der Waals surface area (Å²) in [5, 5.41) is 11.4. The maximum atomic E-state index is 12.6. The Labute approximate surface area is 141 Å². The van der Waals surface area contributed by atoms with Gasteiger partial charge in [0.05, 0.1) is 5.92 Å². The van der Waals surface area contributed by atoms with Crippen molar-refractivity contribution in [3.05, 3.63) is 11.6 Å². The van der Waals surface area contributed by atoms with Crippen molar-refractivity contribution in [2.75, 3.05) is 6.54 Å². The van der Waals surface area contributed by atoms with Gasteiger partial charge in [0, 0.05) is 38.0 Å². The van der Waals surface area contributed by atoms with E-state index in [0.717, 1.165) is 43.9 Å². The third kappa shape index (κ3) is 2.80. The highest BCUT2D eigenvalue weighted by molar-refractivity contribution is 5.89. The highest BCUT2D eigenvalue weighted by Crippen LogP contribution is 2.29. The Morgan fingerprint density at radius 1 is 1.17 bits per heavy atom. The molecule has 2 unspecified atom stereocenters. The second kappa shape index (κ2) is 6.18. The minimum absolute atomic E-state index is 0.0306. The molecule has 1 aromatic rings. The molecule has 7 heteroatoms. The number of aromatic nitrogens is 3. The van der Waals surface area contributed by atoms with Crippen molar-refractivity contribution in [1.82, 2.24) is 25.0 Å². The Kier molecular flexibility index (Phi) is 4.02. The van der Waals surface area contributed by atoms with Crippen molar-refractivity contribution in [1.29, 1.82) is 0 Å². The van der Waals surface area contributed by atoms with Crippen LogP contribution in [0.2, 0.25) is 0 Å². The molecule has 3 aliphatic rings. The zero-order chi connectivity index (χ0) is 16.7. The van der Waals surface area contributed by atoms with Gasteiger partial charge in [-0.25, -0.2) is 0 Å². The number of nitrogens with zero attached hydrogens (tertiary/aromatic N) is 4. The van der Waals surface area contributed by atoms with Crippen LogP contribution < -0.4 is 5.32 Å². The lowest BCUT2D eigenvalue weighted by Crippen LogP contribution is -2.44. The van der Waals surface area contributed by atoms with E-state index >= 15 is 0 Å². The van der Waals surface area contributed by atoms with Crippen LogP contribution in [-0.4, -0.2) is 50.1 Å². The fourth-order valence-electron chi connectivity index (χ4n) is 4.38. The summed E-state index contributed by atoms with van der Waals surface area (Å²) in [4.78, 5) is 26.8. The lowest BCUT2D eigenvalue weighted by Gasteiger charge is -2.27. The van der Waals surface area contributed by atoms with Crippen LogP contribution >= 0.6 is 0 Å². The Morgan fingerprint density at radius 2 is 1.96 bits per heavy atom. The molecule has 1 aliphatic carbocycles. The first-order valence-electron chi connectivity index (χ1n) is 9.10. The standard InChI is InChI=1S/C17H25N5O2/c1-11-19-20-15-7-6-13(10-21(11)15)18-17(24)12-8-16(23)22(9-12)14-4-2-3-5-14/h12-14H,2-10H2,1H3,(H,18,24). The molecule has 1 aromatic heterocycles. The van der Waals surface area contributed by atoms with Crippen LogP contribution in [0.15, 0.2) is 0 Å². The Morgan fingerprint density at radius 3 is 2.75 bits per heavy atom. The summed E-state index contributed by atoms with van der Waals surface area (Å²) in [6, 6.07) is 0.475. The fraction of sp³-hybridized carbons (Fsp3) is 0.765. The van der Waals surface area contributed by atoms with Crippen molar-refractivity contribution in [3.8, 4) is 0 Å². The number of hydrogen-bond donors (Lipinski definition) is 1. The van der Waals surface area contributed by atoms with Gasteiger partial charge in [-0.2, -0.15) is 0 Å². The summed E-state index contributed by atoms with van der Waals surface area (Å²) >= 11 is 0. The lowest BCUT2D eigenvalue weighted by atomic mass is 10.0. The van der Waals surface area contributed by atoms with Crippen molar-refractivity contribution in [3.63, 3.8) is 0 Å². The van der Waals surface area contributed by atoms with Crippen molar-refractivity contribution in [2.24, 2.45) is 5.92 Å². The van der Waals surface area contributed by atoms with Crippen LogP contribution in [0.3, 0.4) is 0 Å². The molecular formula is C17H25N5O2. The first kappa shape index (κ1) is 15.6. The molecule has 1 N–H and O–H groups in total. The number of hydrogen-bond acceptors (Lipinski definition) is 4. The molecule has 1 saturated carbocycles. The topological polar surface area (TPSA) is 80.1 Å². The normalized spacial score (nSPS) is 27.5. The second-order valence-electron chi connectivity index (χ2n) is 7.40. The number of amides is 2. The molecular weight excluding hydrogens is 306 g/mol. The van der Waals surface area contributed by atoms with Gasteiger partial charge in [0.25, 0.3) is 0 Å². The van der Waals surface area contributed by atoms with Gasteiger partial charge in [-0.15, -0.1) is 10.2 Å². The molecule has 2 atom stereocenters. The summed E-state index contributed by atoms with van der Waals surface area (Å²) in [5.74, 6) is 1.89. The minimum atomic E-state index is -0.193. The molecule has 0 aromatic carbocycles. The molecule has 2 fully saturated rings. The molecule has 2 amide bonds. The number of rotatable bonds is 3. The number of aryl methyl sites for hydroxylation is 2. The molecule has 24 heavy (non-hydrogen) atoms. The van der Waals surface area contributed by atoms with Crippen molar-refractivity contribution < 1.29 is 9.59 Å². The zero-order valence-corrected chi connectivity index (χ0v) is 14.2. The lowest BCUT2D eigenvalue weighted by molar-refractivity contribution is -0.130. The van der Waals surface area contributed by atoms with Gasteiger partial charge in [-0.3, -0.25) is 9.59 Å². The van der Waals surface area contributed by atoms with Crippen LogP contribution in [0.1, 0.15) is 50.2 Å². The highest BCUT2D eigenvalue weighted by Gasteiger charge is 2.39. The van der Waals surface area contributed by atoms with Gasteiger partial charge in [0.2, 0.25) is 11.8 Å². The van der Waals surface area contributed by atoms with Gasteiger partial charge >= 0.3 is 0 Å². The maximum Gasteiger partial charge on any atom is 0.225 e. The molecule has 0 radical (unpaired) electrons. The third-order valence-corrected chi connectivity index (χ3v) is 5.77. The molecule has 7 nitrogen and oxygen atoms in total. The van der Waals surface area contributed by atoms with Crippen LogP contribution in [-0.2, 0) is 22.6 Å². The van der Waals surface area contributed by atoms with E-state index in [1.807, 2.05) is 11.8 Å². The summed E-state index contributed by atoms with van der Waals surface area (Å²) in [6.07, 6.45) is 6.69. The average Bonchev–Trinajstić information content (AvgIpc) is 3.28. The van der Waals surface area contributed by atoms with E-state index in [0.29, 0.717) is 19.0 Å². The number of carbonyl (C=O) groups excluding carboxylic acids is 2. The Balaban J connectivity index is 1.35. The Bertz CT molecular complexity index is 649. The molecule has 4 rings (SSSR count). The highest BCUT2D eigenvalue weighted by atomic mass is 16.2. The van der Waals surface area contributed by atoms with E-state index < -0.39 is 0 Å². The van der Waals surface area contributed by atoms with E-state index in [4.69, 9.17) is 0 Å². The van der Waals surface area contributed by atoms with E-state index in [2.05, 4.69) is 20.1 Å². The van der Waals surface area contributed by atoms with Crippen LogP contribution in [0.25, 0.3) is 0 Å². The van der Waals surface area contributed by atoms with Crippen LogP contribution in [0.4, 0.5) is 0 Å². The fourth-order valence-corrected chi connectivity index (χ4v) is 4.38. The summed E-state index contributed by atoms with van der Waals surface area (Å²) in [6.45, 7) is 3.27. The van der Waals surface area contributed by atoms with E-state index in [9.17, 15) is 9.59 Å². The van der Waals surface area contributed by atoms with Gasteiger partial charge in [-0.05, 0) is 26.2 Å². The number of likely N-dealkylation sites (tertiary alicyclic amines) is 1. The van der Waals surface area contributed by atoms with Crippen LogP contribution in [0, 0.1) is 12.8 Å². The molecule has 3 heterocycles. The van der Waals surface area contributed by atoms with Gasteiger partial charge < -0.3 is 14.8 Å². The first-order valence-corrected chi connectivity index (χ1v) is 9.10. The summed E-state index contributed by atoms with van der Waals surface area (Å²) < 4.78 is 2.08. The predicted octanol–water partition coefficient (Wildman–Crippen LogP) is 0.809. The summed E-state index contributed by atoms with van der Waals surface area (Å²) in [7, 11) is 0. The van der Waals surface area contributed by atoms with Gasteiger partial charge in [0.1, 0.15) is 11.6 Å².